The molecule has 0 spiro atoms. The molecule has 1 fully saturated rings. The summed E-state index contributed by atoms with van der Waals surface area (Å²) in [4.78, 5) is 21.2. The molecule has 42 heavy (non-hydrogen) atoms. The minimum Gasteiger partial charge on any atom is -0.496 e. The van der Waals surface area contributed by atoms with Crippen LogP contribution in [-0.2, 0) is 11.3 Å². The Hall–Kier alpha value is -4.58. The lowest BCUT2D eigenvalue weighted by atomic mass is 10.1. The van der Waals surface area contributed by atoms with Gasteiger partial charge in [-0.2, -0.15) is 4.98 Å². The second kappa shape index (κ2) is 13.9. The molecular weight excluding hydrogens is 558 g/mol. The average Bonchev–Trinajstić information content (AvgIpc) is 3.03. The minimum absolute atomic E-state index is 0.0820. The summed E-state index contributed by atoms with van der Waals surface area (Å²) < 4.78 is 17.1. The van der Waals surface area contributed by atoms with E-state index in [0.717, 1.165) is 29.9 Å². The van der Waals surface area contributed by atoms with E-state index in [1.807, 2.05) is 48.5 Å². The van der Waals surface area contributed by atoms with Crippen molar-refractivity contribution in [2.45, 2.75) is 12.6 Å². The van der Waals surface area contributed by atoms with Gasteiger partial charge in [0.2, 0.25) is 5.95 Å². The van der Waals surface area contributed by atoms with Crippen LogP contribution in [0.25, 0.3) is 0 Å². The molecule has 4 aromatic rings. The van der Waals surface area contributed by atoms with Crippen molar-refractivity contribution in [3.63, 3.8) is 0 Å². The molecule has 5 rings (SSSR count). The molecule has 1 atom stereocenters. The molecule has 1 saturated heterocycles. The highest BCUT2D eigenvalue weighted by Crippen LogP contribution is 2.34. The first-order chi connectivity index (χ1) is 20.5. The van der Waals surface area contributed by atoms with Crippen LogP contribution in [-0.4, -0.2) is 49.9 Å². The van der Waals surface area contributed by atoms with Crippen LogP contribution in [0.5, 0.6) is 11.5 Å². The van der Waals surface area contributed by atoms with Crippen molar-refractivity contribution >= 4 is 46.5 Å². The first kappa shape index (κ1) is 28.9. The van der Waals surface area contributed by atoms with Crippen LogP contribution in [0.1, 0.15) is 17.2 Å². The lowest BCUT2D eigenvalue weighted by Gasteiger charge is -2.25. The van der Waals surface area contributed by atoms with Gasteiger partial charge in [-0.25, -0.2) is 9.78 Å². The predicted octanol–water partition coefficient (Wildman–Crippen LogP) is 5.62. The highest BCUT2D eigenvalue weighted by Gasteiger charge is 2.20. The number of anilines is 5. The fourth-order valence-corrected chi connectivity index (χ4v) is 4.56. The molecule has 2 heterocycles. The van der Waals surface area contributed by atoms with E-state index < -0.39 is 0 Å². The van der Waals surface area contributed by atoms with Gasteiger partial charge >= 0.3 is 6.03 Å². The number of rotatable bonds is 10. The highest BCUT2D eigenvalue weighted by atomic mass is 35.5. The number of urea groups is 1. The summed E-state index contributed by atoms with van der Waals surface area (Å²) in [5.41, 5.74) is 3.88. The van der Waals surface area contributed by atoms with Crippen LogP contribution < -0.4 is 36.1 Å². The maximum Gasteiger partial charge on any atom is 0.319 e. The van der Waals surface area contributed by atoms with Crippen LogP contribution in [0.4, 0.5) is 33.6 Å². The Kier molecular flexibility index (Phi) is 9.55. The van der Waals surface area contributed by atoms with E-state index in [0.29, 0.717) is 52.8 Å². The maximum absolute atomic E-state index is 12.4. The molecule has 0 saturated carbocycles. The number of hydrogen-bond donors (Lipinski definition) is 5. The Bertz CT molecular complexity index is 1520. The lowest BCUT2D eigenvalue weighted by molar-refractivity contribution is 0.0263. The third-order valence-electron chi connectivity index (χ3n) is 6.52. The summed E-state index contributed by atoms with van der Waals surface area (Å²) in [5.74, 6) is 1.90. The van der Waals surface area contributed by atoms with Gasteiger partial charge in [-0.05, 0) is 23.8 Å². The number of amides is 2. The summed E-state index contributed by atoms with van der Waals surface area (Å²) in [7, 11) is 3.17. The number of nitrogens with one attached hydrogen (secondary N) is 5. The molecule has 1 aliphatic heterocycles. The first-order valence-corrected chi connectivity index (χ1v) is 13.7. The third kappa shape index (κ3) is 7.38. The molecule has 218 valence electrons. The van der Waals surface area contributed by atoms with Crippen LogP contribution in [0.15, 0.2) is 72.9 Å². The van der Waals surface area contributed by atoms with Gasteiger partial charge in [0.1, 0.15) is 16.5 Å². The molecule has 1 aliphatic rings. The number of ether oxygens (including phenoxy) is 3. The Morgan fingerprint density at radius 3 is 2.57 bits per heavy atom. The normalized spacial score (nSPS) is 14.5. The van der Waals surface area contributed by atoms with Gasteiger partial charge in [0, 0.05) is 48.7 Å². The number of aromatic nitrogens is 2. The Morgan fingerprint density at radius 2 is 1.81 bits per heavy atom. The molecule has 11 nitrogen and oxygen atoms in total. The zero-order chi connectivity index (χ0) is 29.3. The molecule has 1 aromatic heterocycles. The molecule has 0 aliphatic carbocycles. The summed E-state index contributed by atoms with van der Waals surface area (Å²) in [6, 6.07) is 20.3. The molecule has 3 aromatic carbocycles. The number of benzene rings is 3. The van der Waals surface area contributed by atoms with E-state index >= 15 is 0 Å². The van der Waals surface area contributed by atoms with Crippen molar-refractivity contribution in [3.05, 3.63) is 89.1 Å². The monoisotopic (exact) mass is 589 g/mol. The molecule has 2 amide bonds. The number of methoxy groups -OCH3 is 2. The van der Waals surface area contributed by atoms with E-state index in [9.17, 15) is 4.79 Å². The zero-order valence-corrected chi connectivity index (χ0v) is 24.0. The van der Waals surface area contributed by atoms with E-state index in [2.05, 4.69) is 36.6 Å². The van der Waals surface area contributed by atoms with Gasteiger partial charge in [-0.3, -0.25) is 0 Å². The SMILES string of the molecule is COc1cc(NC(=O)NCc2ccccc2)ccc1Nc1ncc(Cl)c(Nc2ccc(C3CNCCO3)c(OC)c2)n1. The predicted molar refractivity (Wildman–Crippen MR) is 163 cm³/mol. The third-order valence-corrected chi connectivity index (χ3v) is 6.79. The molecule has 0 radical (unpaired) electrons. The van der Waals surface area contributed by atoms with Gasteiger partial charge in [-0.15, -0.1) is 0 Å². The topological polar surface area (TPSA) is 131 Å². The number of nitrogens with zero attached hydrogens (tertiary/aromatic N) is 2. The number of hydrogen-bond acceptors (Lipinski definition) is 9. The van der Waals surface area contributed by atoms with E-state index in [4.69, 9.17) is 25.8 Å². The number of morpholine rings is 1. The van der Waals surface area contributed by atoms with Crippen LogP contribution in [0, 0.1) is 0 Å². The molecule has 5 N–H and O–H groups in total. The van der Waals surface area contributed by atoms with Gasteiger partial charge in [-0.1, -0.05) is 48.0 Å². The van der Waals surface area contributed by atoms with E-state index in [1.165, 1.54) is 6.20 Å². The Morgan fingerprint density at radius 1 is 1.02 bits per heavy atom. The molecule has 0 bridgehead atoms. The largest absolute Gasteiger partial charge is 0.496 e. The number of carbonyl (C=O) groups excluding carboxylic acids is 1. The van der Waals surface area contributed by atoms with Crippen LogP contribution in [0.2, 0.25) is 5.02 Å². The lowest BCUT2D eigenvalue weighted by Crippen LogP contribution is -2.33. The fourth-order valence-electron chi connectivity index (χ4n) is 4.42. The van der Waals surface area contributed by atoms with E-state index in [1.54, 1.807) is 32.4 Å². The Labute approximate surface area is 249 Å². The quantitative estimate of drug-likeness (QED) is 0.160. The van der Waals surface area contributed by atoms with E-state index in [-0.39, 0.29) is 12.1 Å². The highest BCUT2D eigenvalue weighted by molar-refractivity contribution is 6.32. The van der Waals surface area contributed by atoms with Crippen molar-refractivity contribution < 1.29 is 19.0 Å². The zero-order valence-electron chi connectivity index (χ0n) is 23.2. The standard InChI is InChI=1S/C30H32ClN7O4/c1-40-25-14-20(8-10-22(25)27-18-32-12-13-42-27)35-28-23(31)17-33-29(38-28)37-24-11-9-21(15-26(24)41-2)36-30(39)34-16-19-6-4-3-5-7-19/h3-11,14-15,17,27,32H,12-13,16,18H2,1-2H3,(H2,34,36,39)(H2,33,35,37,38). The average molecular weight is 590 g/mol. The second-order valence-corrected chi connectivity index (χ2v) is 9.78. The van der Waals surface area contributed by atoms with Gasteiger partial charge in [0.05, 0.1) is 38.8 Å². The number of carbonyl (C=O) groups is 1. The summed E-state index contributed by atoms with van der Waals surface area (Å²) >= 11 is 6.42. The molecule has 12 heteroatoms. The maximum atomic E-state index is 12.4. The Balaban J connectivity index is 1.25. The van der Waals surface area contributed by atoms with Crippen molar-refractivity contribution in [1.82, 2.24) is 20.6 Å². The van der Waals surface area contributed by atoms with Crippen molar-refractivity contribution in [3.8, 4) is 11.5 Å². The fraction of sp³-hybridized carbons (Fsp3) is 0.233. The second-order valence-electron chi connectivity index (χ2n) is 9.37. The summed E-state index contributed by atoms with van der Waals surface area (Å²) in [6.45, 7) is 2.61. The van der Waals surface area contributed by atoms with Gasteiger partial charge in [0.25, 0.3) is 0 Å². The first-order valence-electron chi connectivity index (χ1n) is 13.4. The van der Waals surface area contributed by atoms with Gasteiger partial charge in [0.15, 0.2) is 5.82 Å². The summed E-state index contributed by atoms with van der Waals surface area (Å²) in [5, 5.41) is 15.7. The van der Waals surface area contributed by atoms with Crippen molar-refractivity contribution in [2.75, 3.05) is 49.9 Å². The summed E-state index contributed by atoms with van der Waals surface area (Å²) in [6.07, 6.45) is 1.42. The van der Waals surface area contributed by atoms with Gasteiger partial charge < -0.3 is 40.8 Å². The minimum atomic E-state index is -0.328. The molecular formula is C30H32ClN7O4. The number of halogens is 1. The van der Waals surface area contributed by atoms with Crippen molar-refractivity contribution in [2.24, 2.45) is 0 Å². The smallest absolute Gasteiger partial charge is 0.319 e. The molecule has 1 unspecified atom stereocenters. The van der Waals surface area contributed by atoms with Crippen LogP contribution in [0.3, 0.4) is 0 Å². The van der Waals surface area contributed by atoms with Crippen molar-refractivity contribution in [1.29, 1.82) is 0 Å². The van der Waals surface area contributed by atoms with Crippen LogP contribution >= 0.6 is 11.6 Å².